The predicted molar refractivity (Wildman–Crippen MR) is 144 cm³/mol. The molecule has 1 aromatic carbocycles. The zero-order chi connectivity index (χ0) is 29.5. The van der Waals surface area contributed by atoms with Crippen LogP contribution in [0, 0.1) is 5.82 Å². The van der Waals surface area contributed by atoms with Gasteiger partial charge in [-0.05, 0) is 17.7 Å². The third-order valence-electron chi connectivity index (χ3n) is 5.50. The molecule has 218 valence electrons. The summed E-state index contributed by atoms with van der Waals surface area (Å²) < 4.78 is 29.3. The van der Waals surface area contributed by atoms with Gasteiger partial charge in [0.25, 0.3) is 5.91 Å². The van der Waals surface area contributed by atoms with E-state index in [0.29, 0.717) is 11.3 Å². The van der Waals surface area contributed by atoms with Crippen molar-refractivity contribution in [2.75, 3.05) is 21.3 Å². The van der Waals surface area contributed by atoms with E-state index in [-0.39, 0.29) is 42.6 Å². The first-order valence-electron chi connectivity index (χ1n) is 11.7. The molecule has 0 saturated carbocycles. The van der Waals surface area contributed by atoms with Crippen molar-refractivity contribution in [2.45, 2.75) is 14.0 Å². The number of halogens is 1. The number of benzene rings is 1. The number of aromatic nitrogens is 6. The standard InChI is InChI=1S/C16H13FN4O3.C10H9N3O4.CH4/c1-24-16(23)12-8-13(21-14(20-12)6-7-19-21)15(22)18-9-10-2-4-11(17)5-3-10;1-16-9(14)6-5-7(10(15)17-2)13-8(12-6)3-4-11-13;/h2-8H,9H2,1H3,(H,18,22);3-5H,1-2H3;1H4. The van der Waals surface area contributed by atoms with E-state index in [1.54, 1.807) is 24.3 Å². The Morgan fingerprint density at radius 3 is 1.71 bits per heavy atom. The molecule has 0 fully saturated rings. The van der Waals surface area contributed by atoms with Gasteiger partial charge in [-0.2, -0.15) is 10.2 Å². The van der Waals surface area contributed by atoms with Crippen molar-refractivity contribution in [3.8, 4) is 0 Å². The molecule has 1 N–H and O–H groups in total. The monoisotopic (exact) mass is 579 g/mol. The van der Waals surface area contributed by atoms with Crippen LogP contribution in [0.1, 0.15) is 54.9 Å². The zero-order valence-corrected chi connectivity index (χ0v) is 21.9. The first kappa shape index (κ1) is 30.8. The number of rotatable bonds is 6. The molecule has 4 aromatic heterocycles. The summed E-state index contributed by atoms with van der Waals surface area (Å²) in [5.41, 5.74) is 1.76. The smallest absolute Gasteiger partial charge is 0.356 e. The van der Waals surface area contributed by atoms with E-state index >= 15 is 0 Å². The number of esters is 3. The van der Waals surface area contributed by atoms with Crippen molar-refractivity contribution in [1.29, 1.82) is 0 Å². The van der Waals surface area contributed by atoms with Crippen LogP contribution in [0.2, 0.25) is 0 Å². The van der Waals surface area contributed by atoms with Gasteiger partial charge in [-0.25, -0.2) is 37.8 Å². The Bertz CT molecular complexity index is 1750. The first-order valence-corrected chi connectivity index (χ1v) is 11.7. The molecule has 0 aliphatic rings. The molecule has 1 amide bonds. The Morgan fingerprint density at radius 2 is 1.21 bits per heavy atom. The van der Waals surface area contributed by atoms with Crippen LogP contribution in [-0.4, -0.2) is 74.3 Å². The lowest BCUT2D eigenvalue weighted by molar-refractivity contribution is 0.0578. The Hall–Kier alpha value is -5.73. The lowest BCUT2D eigenvalue weighted by Crippen LogP contribution is -2.26. The van der Waals surface area contributed by atoms with Gasteiger partial charge in [0.05, 0.1) is 33.7 Å². The predicted octanol–water partition coefficient (Wildman–Crippen LogP) is 2.52. The van der Waals surface area contributed by atoms with Crippen LogP contribution < -0.4 is 5.32 Å². The molecule has 42 heavy (non-hydrogen) atoms. The van der Waals surface area contributed by atoms with Crippen LogP contribution in [0.4, 0.5) is 4.39 Å². The van der Waals surface area contributed by atoms with Crippen molar-refractivity contribution >= 4 is 35.1 Å². The highest BCUT2D eigenvalue weighted by Gasteiger charge is 2.19. The van der Waals surface area contributed by atoms with Crippen molar-refractivity contribution in [3.63, 3.8) is 0 Å². The fraction of sp³-hybridized carbons (Fsp3) is 0.185. The van der Waals surface area contributed by atoms with E-state index in [2.05, 4.69) is 39.7 Å². The van der Waals surface area contributed by atoms with Gasteiger partial charge in [-0.15, -0.1) is 0 Å². The number of hydrogen-bond acceptors (Lipinski definition) is 11. The third-order valence-corrected chi connectivity index (χ3v) is 5.50. The molecule has 0 saturated heterocycles. The summed E-state index contributed by atoms with van der Waals surface area (Å²) in [4.78, 5) is 55.1. The number of hydrogen-bond donors (Lipinski definition) is 1. The molecule has 0 aliphatic heterocycles. The molecule has 0 aliphatic carbocycles. The fourth-order valence-electron chi connectivity index (χ4n) is 3.53. The van der Waals surface area contributed by atoms with E-state index < -0.39 is 23.8 Å². The topological polar surface area (TPSA) is 168 Å². The van der Waals surface area contributed by atoms with Gasteiger partial charge in [0, 0.05) is 30.8 Å². The van der Waals surface area contributed by atoms with Crippen LogP contribution in [0.5, 0.6) is 0 Å². The molecule has 0 atom stereocenters. The number of fused-ring (bicyclic) bond motifs is 2. The van der Waals surface area contributed by atoms with Gasteiger partial charge >= 0.3 is 17.9 Å². The summed E-state index contributed by atoms with van der Waals surface area (Å²) in [5, 5.41) is 10.6. The fourth-order valence-corrected chi connectivity index (χ4v) is 3.53. The Kier molecular flexibility index (Phi) is 9.95. The van der Waals surface area contributed by atoms with E-state index in [4.69, 9.17) is 0 Å². The molecule has 0 unspecified atom stereocenters. The van der Waals surface area contributed by atoms with Crippen LogP contribution >= 0.6 is 0 Å². The van der Waals surface area contributed by atoms with Crippen LogP contribution in [-0.2, 0) is 20.8 Å². The second-order valence-corrected chi connectivity index (χ2v) is 8.04. The second kappa shape index (κ2) is 13.6. The molecule has 0 bridgehead atoms. The Labute approximate surface area is 238 Å². The minimum atomic E-state index is -0.647. The minimum Gasteiger partial charge on any atom is -0.464 e. The van der Waals surface area contributed by atoms with E-state index in [9.17, 15) is 23.6 Å². The van der Waals surface area contributed by atoms with Gasteiger partial charge in [-0.1, -0.05) is 19.6 Å². The molecular formula is C27H26FN7O7. The number of ether oxygens (including phenoxy) is 3. The Balaban J connectivity index is 0.000000238. The number of nitrogens with zero attached hydrogens (tertiary/aromatic N) is 6. The van der Waals surface area contributed by atoms with Gasteiger partial charge in [0.1, 0.15) is 11.5 Å². The molecule has 0 radical (unpaired) electrons. The lowest BCUT2D eigenvalue weighted by Gasteiger charge is -2.08. The van der Waals surface area contributed by atoms with Gasteiger partial charge < -0.3 is 19.5 Å². The average molecular weight is 580 g/mol. The van der Waals surface area contributed by atoms with E-state index in [1.807, 2.05) is 0 Å². The van der Waals surface area contributed by atoms with Crippen molar-refractivity contribution < 1.29 is 37.8 Å². The van der Waals surface area contributed by atoms with Crippen molar-refractivity contribution in [3.05, 3.63) is 95.1 Å². The molecule has 15 heteroatoms. The summed E-state index contributed by atoms with van der Waals surface area (Å²) in [6, 6.07) is 11.5. The molecule has 5 rings (SSSR count). The number of carbonyl (C=O) groups excluding carboxylic acids is 4. The van der Waals surface area contributed by atoms with E-state index in [1.165, 1.54) is 67.0 Å². The zero-order valence-electron chi connectivity index (χ0n) is 21.9. The molecular weight excluding hydrogens is 553 g/mol. The highest BCUT2D eigenvalue weighted by molar-refractivity contribution is 5.96. The maximum absolute atomic E-state index is 12.9. The lowest BCUT2D eigenvalue weighted by atomic mass is 10.2. The maximum atomic E-state index is 12.9. The largest absolute Gasteiger partial charge is 0.464 e. The van der Waals surface area contributed by atoms with Gasteiger partial charge in [0.15, 0.2) is 28.4 Å². The number of carbonyl (C=O) groups is 4. The summed E-state index contributed by atoms with van der Waals surface area (Å²) >= 11 is 0. The number of amides is 1. The normalized spacial score (nSPS) is 10.2. The quantitative estimate of drug-likeness (QED) is 0.232. The summed E-state index contributed by atoms with van der Waals surface area (Å²) in [5.74, 6) is -2.67. The highest BCUT2D eigenvalue weighted by atomic mass is 19.1. The number of methoxy groups -OCH3 is 3. The number of nitrogens with one attached hydrogen (secondary N) is 1. The molecule has 0 spiro atoms. The first-order chi connectivity index (χ1) is 19.7. The van der Waals surface area contributed by atoms with Crippen molar-refractivity contribution in [1.82, 2.24) is 34.5 Å². The third kappa shape index (κ3) is 6.70. The van der Waals surface area contributed by atoms with Gasteiger partial charge in [-0.3, -0.25) is 4.79 Å². The molecule has 14 nitrogen and oxygen atoms in total. The maximum Gasteiger partial charge on any atom is 0.356 e. The highest BCUT2D eigenvalue weighted by Crippen LogP contribution is 2.11. The summed E-state index contributed by atoms with van der Waals surface area (Å²) in [6.45, 7) is 0.206. The van der Waals surface area contributed by atoms with Crippen LogP contribution in [0.25, 0.3) is 11.3 Å². The second-order valence-electron chi connectivity index (χ2n) is 8.04. The van der Waals surface area contributed by atoms with E-state index in [0.717, 1.165) is 5.56 Å². The van der Waals surface area contributed by atoms with Crippen LogP contribution in [0.3, 0.4) is 0 Å². The van der Waals surface area contributed by atoms with Crippen molar-refractivity contribution in [2.24, 2.45) is 0 Å². The average Bonchev–Trinajstić information content (AvgIpc) is 3.68. The Morgan fingerprint density at radius 1 is 0.738 bits per heavy atom. The summed E-state index contributed by atoms with van der Waals surface area (Å²) in [6.07, 6.45) is 2.94. The SMILES string of the molecule is C.COC(=O)c1cc(C(=O)NCc2ccc(F)cc2)n2nccc2n1.COC(=O)c1cc(C(=O)OC)n2nccc2n1. The molecule has 4 heterocycles. The summed E-state index contributed by atoms with van der Waals surface area (Å²) in [7, 11) is 3.72. The van der Waals surface area contributed by atoms with Crippen LogP contribution in [0.15, 0.2) is 60.9 Å². The minimum absolute atomic E-state index is 0. The van der Waals surface area contributed by atoms with Gasteiger partial charge in [0.2, 0.25) is 0 Å². The molecule has 5 aromatic rings.